The molecule has 0 spiro atoms. The molecule has 1 aromatic rings. The van der Waals surface area contributed by atoms with Gasteiger partial charge in [-0.3, -0.25) is 0 Å². The molecule has 1 aromatic carbocycles. The first-order valence-corrected chi connectivity index (χ1v) is 7.55. The highest BCUT2D eigenvalue weighted by atomic mass is 16.5. The zero-order valence-corrected chi connectivity index (χ0v) is 13.9. The van der Waals surface area contributed by atoms with Crippen molar-refractivity contribution in [3.8, 4) is 11.5 Å². The number of hydrogen-bond acceptors (Lipinski definition) is 4. The molecule has 4 heteroatoms. The molecule has 1 rings (SSSR count). The third-order valence-electron chi connectivity index (χ3n) is 3.36. The van der Waals surface area contributed by atoms with Crippen LogP contribution in [-0.4, -0.2) is 33.0 Å². The highest BCUT2D eigenvalue weighted by molar-refractivity contribution is 5.44. The van der Waals surface area contributed by atoms with Crippen LogP contribution in [0.1, 0.15) is 39.7 Å². The molecule has 1 atom stereocenters. The summed E-state index contributed by atoms with van der Waals surface area (Å²) in [5.41, 5.74) is 6.82. The van der Waals surface area contributed by atoms with E-state index in [9.17, 15) is 0 Å². The Hall–Kier alpha value is -1.26. The van der Waals surface area contributed by atoms with Gasteiger partial charge in [-0.25, -0.2) is 0 Å². The van der Waals surface area contributed by atoms with Crippen molar-refractivity contribution in [2.24, 2.45) is 5.73 Å². The lowest BCUT2D eigenvalue weighted by Gasteiger charge is -2.24. The topological polar surface area (TPSA) is 53.7 Å². The Morgan fingerprint density at radius 1 is 1.24 bits per heavy atom. The number of hydrogen-bond donors (Lipinski definition) is 1. The van der Waals surface area contributed by atoms with Crippen molar-refractivity contribution in [1.82, 2.24) is 0 Å². The number of nitrogens with two attached hydrogens (primary N) is 1. The van der Waals surface area contributed by atoms with Crippen LogP contribution in [0.15, 0.2) is 18.2 Å². The minimum absolute atomic E-state index is 0.00292. The molecule has 2 N–H and O–H groups in total. The Kier molecular flexibility index (Phi) is 6.99. The molecule has 4 nitrogen and oxygen atoms in total. The van der Waals surface area contributed by atoms with E-state index in [0.717, 1.165) is 23.5 Å². The Bertz CT molecular complexity index is 427. The summed E-state index contributed by atoms with van der Waals surface area (Å²) in [6.45, 7) is 10.3. The molecular weight excluding hydrogens is 266 g/mol. The predicted octanol–water partition coefficient (Wildman–Crippen LogP) is 3.13. The SMILES string of the molecule is CCOC(CN)CCOc1ccc(OC)cc1C(C)(C)C. The monoisotopic (exact) mass is 295 g/mol. The quantitative estimate of drug-likeness (QED) is 0.800. The number of benzene rings is 1. The Labute approximate surface area is 128 Å². The highest BCUT2D eigenvalue weighted by Crippen LogP contribution is 2.34. The molecule has 0 radical (unpaired) electrons. The average Bonchev–Trinajstić information content (AvgIpc) is 2.45. The summed E-state index contributed by atoms with van der Waals surface area (Å²) in [6, 6.07) is 5.93. The molecule has 0 saturated heterocycles. The van der Waals surface area contributed by atoms with Crippen LogP contribution in [0, 0.1) is 0 Å². The predicted molar refractivity (Wildman–Crippen MR) is 86.3 cm³/mol. The van der Waals surface area contributed by atoms with E-state index >= 15 is 0 Å². The highest BCUT2D eigenvalue weighted by Gasteiger charge is 2.20. The van der Waals surface area contributed by atoms with Gasteiger partial charge in [0.15, 0.2) is 0 Å². The third kappa shape index (κ3) is 5.56. The lowest BCUT2D eigenvalue weighted by atomic mass is 9.86. The van der Waals surface area contributed by atoms with Gasteiger partial charge in [0.05, 0.1) is 19.8 Å². The van der Waals surface area contributed by atoms with Gasteiger partial charge in [-0.15, -0.1) is 0 Å². The van der Waals surface area contributed by atoms with Crippen LogP contribution in [0.3, 0.4) is 0 Å². The number of rotatable bonds is 8. The van der Waals surface area contributed by atoms with Gasteiger partial charge in [0, 0.05) is 25.1 Å². The van der Waals surface area contributed by atoms with Gasteiger partial charge in [0.25, 0.3) is 0 Å². The lowest BCUT2D eigenvalue weighted by molar-refractivity contribution is 0.0525. The van der Waals surface area contributed by atoms with E-state index in [2.05, 4.69) is 20.8 Å². The molecular formula is C17H29NO3. The van der Waals surface area contributed by atoms with Gasteiger partial charge in [-0.05, 0) is 30.5 Å². The smallest absolute Gasteiger partial charge is 0.123 e. The lowest BCUT2D eigenvalue weighted by Crippen LogP contribution is -2.26. The maximum absolute atomic E-state index is 5.95. The summed E-state index contributed by atoms with van der Waals surface area (Å²) in [5.74, 6) is 1.75. The Morgan fingerprint density at radius 3 is 2.48 bits per heavy atom. The van der Waals surface area contributed by atoms with E-state index in [4.69, 9.17) is 19.9 Å². The molecule has 0 bridgehead atoms. The normalized spacial score (nSPS) is 13.0. The average molecular weight is 295 g/mol. The fraction of sp³-hybridized carbons (Fsp3) is 0.647. The summed E-state index contributed by atoms with van der Waals surface area (Å²) in [5, 5.41) is 0. The summed E-state index contributed by atoms with van der Waals surface area (Å²) in [4.78, 5) is 0. The third-order valence-corrected chi connectivity index (χ3v) is 3.36. The van der Waals surface area contributed by atoms with E-state index in [0.29, 0.717) is 19.8 Å². The molecule has 1 unspecified atom stereocenters. The molecule has 0 fully saturated rings. The second-order valence-corrected chi connectivity index (χ2v) is 6.06. The maximum Gasteiger partial charge on any atom is 0.123 e. The fourth-order valence-electron chi connectivity index (χ4n) is 2.15. The molecule has 0 heterocycles. The maximum atomic E-state index is 5.95. The molecule has 21 heavy (non-hydrogen) atoms. The molecule has 0 aliphatic heterocycles. The zero-order chi connectivity index (χ0) is 15.9. The van der Waals surface area contributed by atoms with E-state index in [1.54, 1.807) is 7.11 Å². The first-order valence-electron chi connectivity index (χ1n) is 7.55. The van der Waals surface area contributed by atoms with Crippen molar-refractivity contribution in [1.29, 1.82) is 0 Å². The van der Waals surface area contributed by atoms with Crippen molar-refractivity contribution in [3.63, 3.8) is 0 Å². The fourth-order valence-corrected chi connectivity index (χ4v) is 2.15. The second-order valence-electron chi connectivity index (χ2n) is 6.06. The van der Waals surface area contributed by atoms with Gasteiger partial charge in [-0.2, -0.15) is 0 Å². The van der Waals surface area contributed by atoms with Gasteiger partial charge < -0.3 is 19.9 Å². The molecule has 0 amide bonds. The van der Waals surface area contributed by atoms with E-state index in [-0.39, 0.29) is 11.5 Å². The van der Waals surface area contributed by atoms with Crippen LogP contribution < -0.4 is 15.2 Å². The summed E-state index contributed by atoms with van der Waals surface area (Å²) < 4.78 is 16.8. The first-order chi connectivity index (χ1) is 9.92. The summed E-state index contributed by atoms with van der Waals surface area (Å²) >= 11 is 0. The van der Waals surface area contributed by atoms with Crippen LogP contribution in [0.25, 0.3) is 0 Å². The van der Waals surface area contributed by atoms with Crippen molar-refractivity contribution < 1.29 is 14.2 Å². The summed E-state index contributed by atoms with van der Waals surface area (Å²) in [7, 11) is 1.68. The van der Waals surface area contributed by atoms with E-state index in [1.165, 1.54) is 0 Å². The van der Waals surface area contributed by atoms with Crippen molar-refractivity contribution in [2.75, 3.05) is 26.9 Å². The van der Waals surface area contributed by atoms with E-state index < -0.39 is 0 Å². The van der Waals surface area contributed by atoms with Crippen LogP contribution in [0.4, 0.5) is 0 Å². The second kappa shape index (κ2) is 8.25. The first kappa shape index (κ1) is 17.8. The van der Waals surface area contributed by atoms with Crippen molar-refractivity contribution in [3.05, 3.63) is 23.8 Å². The van der Waals surface area contributed by atoms with Crippen molar-refractivity contribution >= 4 is 0 Å². The molecule has 0 saturated carbocycles. The van der Waals surface area contributed by atoms with Gasteiger partial charge >= 0.3 is 0 Å². The standard InChI is InChI=1S/C17H29NO3/c1-6-20-14(12-18)9-10-21-16-8-7-13(19-5)11-15(16)17(2,3)4/h7-8,11,14H,6,9-10,12,18H2,1-5H3. The Morgan fingerprint density at radius 2 is 1.95 bits per heavy atom. The van der Waals surface area contributed by atoms with Crippen LogP contribution in [0.5, 0.6) is 11.5 Å². The van der Waals surface area contributed by atoms with Gasteiger partial charge in [-0.1, -0.05) is 20.8 Å². The van der Waals surface area contributed by atoms with Crippen LogP contribution in [0.2, 0.25) is 0 Å². The van der Waals surface area contributed by atoms with Gasteiger partial charge in [0.1, 0.15) is 11.5 Å². The molecule has 0 aromatic heterocycles. The minimum Gasteiger partial charge on any atom is -0.497 e. The number of ether oxygens (including phenoxy) is 3. The largest absolute Gasteiger partial charge is 0.497 e. The molecule has 0 aliphatic rings. The minimum atomic E-state index is -0.00292. The van der Waals surface area contributed by atoms with Crippen molar-refractivity contribution in [2.45, 2.75) is 45.6 Å². The molecule has 120 valence electrons. The zero-order valence-electron chi connectivity index (χ0n) is 13.9. The van der Waals surface area contributed by atoms with E-state index in [1.807, 2.05) is 25.1 Å². The molecule has 0 aliphatic carbocycles. The van der Waals surface area contributed by atoms with Crippen LogP contribution in [-0.2, 0) is 10.2 Å². The van der Waals surface area contributed by atoms with Gasteiger partial charge in [0.2, 0.25) is 0 Å². The Balaban J connectivity index is 2.74. The number of methoxy groups -OCH3 is 1. The van der Waals surface area contributed by atoms with Crippen LogP contribution >= 0.6 is 0 Å². The summed E-state index contributed by atoms with van der Waals surface area (Å²) in [6.07, 6.45) is 0.853.